The monoisotopic (exact) mass is 452 g/mol. The molecule has 3 aromatic carbocycles. The number of likely N-dealkylation sites (N-methyl/N-ethyl adjacent to an activating group) is 1. The van der Waals surface area contributed by atoms with Crippen LogP contribution in [0.25, 0.3) is 0 Å². The number of methoxy groups -OCH3 is 1. The highest BCUT2D eigenvalue weighted by Crippen LogP contribution is 2.20. The van der Waals surface area contributed by atoms with Gasteiger partial charge in [0.15, 0.2) is 0 Å². The van der Waals surface area contributed by atoms with E-state index in [1.165, 1.54) is 23.5 Å². The fraction of sp³-hybridized carbons (Fsp3) is 0.240. The molecule has 0 saturated carbocycles. The third kappa shape index (κ3) is 6.18. The minimum Gasteiger partial charge on any atom is -0.497 e. The van der Waals surface area contributed by atoms with Crippen molar-refractivity contribution in [3.63, 3.8) is 0 Å². The van der Waals surface area contributed by atoms with E-state index in [0.29, 0.717) is 18.7 Å². The predicted molar refractivity (Wildman–Crippen MR) is 125 cm³/mol. The Morgan fingerprint density at radius 2 is 1.41 bits per heavy atom. The summed E-state index contributed by atoms with van der Waals surface area (Å²) in [4.78, 5) is 14.6. The second-order valence-electron chi connectivity index (χ2n) is 7.49. The summed E-state index contributed by atoms with van der Waals surface area (Å²) in [6.45, 7) is 0.378. The van der Waals surface area contributed by atoms with Crippen LogP contribution < -0.4 is 4.74 Å². The zero-order valence-corrected chi connectivity index (χ0v) is 19.2. The molecular formula is C25H28N2O4S. The quantitative estimate of drug-likeness (QED) is 0.472. The Kier molecular flexibility index (Phi) is 8.03. The van der Waals surface area contributed by atoms with Crippen molar-refractivity contribution in [3.05, 3.63) is 96.1 Å². The Bertz CT molecular complexity index is 1100. The highest BCUT2D eigenvalue weighted by Gasteiger charge is 2.27. The van der Waals surface area contributed by atoms with E-state index >= 15 is 0 Å². The Morgan fingerprint density at radius 3 is 1.97 bits per heavy atom. The second-order valence-corrected chi connectivity index (χ2v) is 9.42. The number of ether oxygens (including phenoxy) is 1. The van der Waals surface area contributed by atoms with Crippen LogP contribution in [-0.4, -0.2) is 50.8 Å². The molecule has 0 unspecified atom stereocenters. The molecule has 0 heterocycles. The normalized spacial score (nSPS) is 11.3. The average Bonchev–Trinajstić information content (AvgIpc) is 2.82. The summed E-state index contributed by atoms with van der Waals surface area (Å²) in [5, 5.41) is 0. The van der Waals surface area contributed by atoms with E-state index in [4.69, 9.17) is 4.74 Å². The van der Waals surface area contributed by atoms with E-state index in [1.54, 1.807) is 24.1 Å². The van der Waals surface area contributed by atoms with Gasteiger partial charge in [0, 0.05) is 20.1 Å². The van der Waals surface area contributed by atoms with Gasteiger partial charge in [0.05, 0.1) is 18.6 Å². The molecule has 0 saturated heterocycles. The second kappa shape index (κ2) is 10.9. The molecule has 1 amide bonds. The van der Waals surface area contributed by atoms with Crippen molar-refractivity contribution in [3.8, 4) is 5.75 Å². The van der Waals surface area contributed by atoms with Gasteiger partial charge < -0.3 is 9.64 Å². The summed E-state index contributed by atoms with van der Waals surface area (Å²) in [7, 11) is -0.657. The topological polar surface area (TPSA) is 66.9 Å². The molecule has 168 valence electrons. The molecule has 3 rings (SSSR count). The first-order valence-corrected chi connectivity index (χ1v) is 11.8. The molecule has 0 atom stereocenters. The molecule has 32 heavy (non-hydrogen) atoms. The summed E-state index contributed by atoms with van der Waals surface area (Å²) >= 11 is 0. The van der Waals surface area contributed by atoms with Gasteiger partial charge in [-0.15, -0.1) is 0 Å². The summed E-state index contributed by atoms with van der Waals surface area (Å²) in [6.07, 6.45) is 0.506. The van der Waals surface area contributed by atoms with Crippen LogP contribution in [-0.2, 0) is 27.8 Å². The molecule has 0 aromatic heterocycles. The Morgan fingerprint density at radius 1 is 0.844 bits per heavy atom. The molecular weight excluding hydrogens is 424 g/mol. The molecule has 6 nitrogen and oxygen atoms in total. The lowest BCUT2D eigenvalue weighted by Crippen LogP contribution is -2.42. The summed E-state index contributed by atoms with van der Waals surface area (Å²) in [5.74, 6) is 0.303. The number of sulfonamides is 1. The highest BCUT2D eigenvalue weighted by molar-refractivity contribution is 7.89. The van der Waals surface area contributed by atoms with E-state index in [1.807, 2.05) is 60.7 Å². The maximum atomic E-state index is 13.4. The van der Waals surface area contributed by atoms with Crippen molar-refractivity contribution < 1.29 is 17.9 Å². The molecule has 0 N–H and O–H groups in total. The fourth-order valence-corrected chi connectivity index (χ4v) is 4.69. The largest absolute Gasteiger partial charge is 0.497 e. The third-order valence-corrected chi connectivity index (χ3v) is 7.05. The minimum absolute atomic E-state index is 0.130. The number of hydrogen-bond acceptors (Lipinski definition) is 4. The lowest BCUT2D eigenvalue weighted by Gasteiger charge is -2.25. The van der Waals surface area contributed by atoms with Gasteiger partial charge in [-0.1, -0.05) is 60.7 Å². The van der Waals surface area contributed by atoms with Crippen LogP contribution in [0, 0.1) is 0 Å². The van der Waals surface area contributed by atoms with E-state index in [2.05, 4.69) is 0 Å². The Balaban J connectivity index is 1.79. The lowest BCUT2D eigenvalue weighted by molar-refractivity contribution is -0.130. The first-order valence-electron chi connectivity index (χ1n) is 10.4. The SMILES string of the molecule is COc1ccc(S(=O)(=O)N(CCc2ccccc2)CC(=O)N(C)Cc2ccccc2)cc1. The Hall–Kier alpha value is -3.16. The summed E-state index contributed by atoms with van der Waals surface area (Å²) < 4.78 is 33.2. The minimum atomic E-state index is -3.87. The van der Waals surface area contributed by atoms with Crippen molar-refractivity contribution in [2.24, 2.45) is 0 Å². The Labute approximate surface area is 190 Å². The van der Waals surface area contributed by atoms with Gasteiger partial charge in [0.25, 0.3) is 0 Å². The van der Waals surface area contributed by atoms with E-state index in [-0.39, 0.29) is 23.9 Å². The number of benzene rings is 3. The molecule has 0 aliphatic carbocycles. The van der Waals surface area contributed by atoms with Crippen LogP contribution in [0.3, 0.4) is 0 Å². The third-order valence-electron chi connectivity index (χ3n) is 5.19. The fourth-order valence-electron chi connectivity index (χ4n) is 3.30. The number of hydrogen-bond donors (Lipinski definition) is 0. The number of carbonyl (C=O) groups is 1. The first-order chi connectivity index (χ1) is 15.4. The van der Waals surface area contributed by atoms with Crippen molar-refractivity contribution in [2.75, 3.05) is 27.2 Å². The van der Waals surface area contributed by atoms with Gasteiger partial charge in [-0.2, -0.15) is 4.31 Å². The highest BCUT2D eigenvalue weighted by atomic mass is 32.2. The van der Waals surface area contributed by atoms with E-state index in [9.17, 15) is 13.2 Å². The number of nitrogens with zero attached hydrogens (tertiary/aromatic N) is 2. The molecule has 3 aromatic rings. The molecule has 0 fully saturated rings. The molecule has 0 radical (unpaired) electrons. The van der Waals surface area contributed by atoms with E-state index < -0.39 is 10.0 Å². The maximum absolute atomic E-state index is 13.4. The van der Waals surface area contributed by atoms with E-state index in [0.717, 1.165) is 11.1 Å². The van der Waals surface area contributed by atoms with Crippen LogP contribution in [0.15, 0.2) is 89.8 Å². The zero-order chi connectivity index (χ0) is 23.0. The van der Waals surface area contributed by atoms with Crippen molar-refractivity contribution in [2.45, 2.75) is 17.9 Å². The molecule has 0 aliphatic rings. The van der Waals surface area contributed by atoms with Gasteiger partial charge in [0.1, 0.15) is 5.75 Å². The molecule has 0 spiro atoms. The number of rotatable bonds is 10. The predicted octanol–water partition coefficient (Wildman–Crippen LogP) is 3.59. The molecule has 7 heteroatoms. The van der Waals surface area contributed by atoms with Crippen molar-refractivity contribution in [1.29, 1.82) is 0 Å². The molecule has 0 aliphatic heterocycles. The van der Waals surface area contributed by atoms with Gasteiger partial charge in [-0.25, -0.2) is 8.42 Å². The van der Waals surface area contributed by atoms with Crippen molar-refractivity contribution >= 4 is 15.9 Å². The maximum Gasteiger partial charge on any atom is 0.243 e. The van der Waals surface area contributed by atoms with Gasteiger partial charge in [-0.05, 0) is 41.8 Å². The summed E-state index contributed by atoms with van der Waals surface area (Å²) in [5.41, 5.74) is 1.99. The van der Waals surface area contributed by atoms with Crippen LogP contribution in [0.4, 0.5) is 0 Å². The smallest absolute Gasteiger partial charge is 0.243 e. The van der Waals surface area contributed by atoms with Crippen LogP contribution in [0.5, 0.6) is 5.75 Å². The first kappa shape index (κ1) is 23.5. The lowest BCUT2D eigenvalue weighted by atomic mass is 10.1. The number of carbonyl (C=O) groups excluding carboxylic acids is 1. The van der Waals surface area contributed by atoms with Crippen LogP contribution in [0.1, 0.15) is 11.1 Å². The average molecular weight is 453 g/mol. The van der Waals surface area contributed by atoms with Gasteiger partial charge in [-0.3, -0.25) is 4.79 Å². The van der Waals surface area contributed by atoms with Gasteiger partial charge in [0.2, 0.25) is 15.9 Å². The summed E-state index contributed by atoms with van der Waals surface area (Å²) in [6, 6.07) is 25.4. The van der Waals surface area contributed by atoms with Crippen LogP contribution >= 0.6 is 0 Å². The van der Waals surface area contributed by atoms with Crippen LogP contribution in [0.2, 0.25) is 0 Å². The van der Waals surface area contributed by atoms with Crippen molar-refractivity contribution in [1.82, 2.24) is 9.21 Å². The van der Waals surface area contributed by atoms with Gasteiger partial charge >= 0.3 is 0 Å². The molecule has 0 bridgehead atoms. The standard InChI is InChI=1S/C25H28N2O4S/c1-26(19-22-11-7-4-8-12-22)25(28)20-27(18-17-21-9-5-3-6-10-21)32(29,30)24-15-13-23(31-2)14-16-24/h3-16H,17-20H2,1-2H3. The number of amides is 1. The zero-order valence-electron chi connectivity index (χ0n) is 18.3.